The molecule has 1 atom stereocenters. The van der Waals surface area contributed by atoms with Crippen molar-refractivity contribution in [1.82, 2.24) is 0 Å². The van der Waals surface area contributed by atoms with Gasteiger partial charge >= 0.3 is 5.97 Å². The number of amides is 1. The number of anilines is 1. The van der Waals surface area contributed by atoms with Crippen LogP contribution >= 0.6 is 11.3 Å². The Kier molecular flexibility index (Phi) is 6.90. The van der Waals surface area contributed by atoms with Gasteiger partial charge < -0.3 is 14.8 Å². The fourth-order valence-electron chi connectivity index (χ4n) is 4.21. The number of esters is 1. The van der Waals surface area contributed by atoms with Gasteiger partial charge in [-0.25, -0.2) is 4.79 Å². The van der Waals surface area contributed by atoms with E-state index in [0.29, 0.717) is 34.4 Å². The van der Waals surface area contributed by atoms with Gasteiger partial charge in [0, 0.05) is 4.88 Å². The third-order valence-electron chi connectivity index (χ3n) is 5.67. The van der Waals surface area contributed by atoms with E-state index in [1.807, 2.05) is 19.1 Å². The molecule has 32 heavy (non-hydrogen) atoms. The summed E-state index contributed by atoms with van der Waals surface area (Å²) >= 11 is 1.48. The molecule has 0 aliphatic heterocycles. The van der Waals surface area contributed by atoms with E-state index in [-0.39, 0.29) is 18.5 Å². The summed E-state index contributed by atoms with van der Waals surface area (Å²) in [6.07, 6.45) is 2.59. The van der Waals surface area contributed by atoms with Crippen molar-refractivity contribution >= 4 is 28.2 Å². The van der Waals surface area contributed by atoms with Gasteiger partial charge in [-0.3, -0.25) is 4.79 Å². The molecular formula is C26H27NO4S. The normalized spacial score (nSPS) is 15.0. The minimum Gasteiger partial charge on any atom is -0.493 e. The third-order valence-corrected chi connectivity index (χ3v) is 6.84. The average Bonchev–Trinajstić information content (AvgIpc) is 3.17. The second kappa shape index (κ2) is 10.0. The number of hydrogen-bond donors (Lipinski definition) is 1. The Balaban J connectivity index is 1.66. The molecule has 6 heteroatoms. The monoisotopic (exact) mass is 449 g/mol. The zero-order valence-electron chi connectivity index (χ0n) is 18.4. The number of carbonyl (C=O) groups excluding carboxylic acids is 2. The third kappa shape index (κ3) is 4.55. The number of thiophene rings is 1. The highest BCUT2D eigenvalue weighted by Gasteiger charge is 2.31. The van der Waals surface area contributed by atoms with Crippen LogP contribution in [0.25, 0.3) is 0 Å². The van der Waals surface area contributed by atoms with Crippen molar-refractivity contribution in [2.45, 2.75) is 39.0 Å². The van der Waals surface area contributed by atoms with Gasteiger partial charge in [-0.05, 0) is 62.3 Å². The maximum absolute atomic E-state index is 13.1. The number of fused-ring (bicyclic) bond motifs is 1. The molecule has 0 saturated carbocycles. The zero-order chi connectivity index (χ0) is 22.5. The molecule has 0 spiro atoms. The fourth-order valence-corrected chi connectivity index (χ4v) is 5.52. The second-order valence-electron chi connectivity index (χ2n) is 7.66. The van der Waals surface area contributed by atoms with Crippen molar-refractivity contribution in [2.75, 3.05) is 18.5 Å². The number of carbonyl (C=O) groups is 2. The smallest absolute Gasteiger partial charge is 0.341 e. The highest BCUT2D eigenvalue weighted by molar-refractivity contribution is 7.17. The van der Waals surface area contributed by atoms with Crippen LogP contribution in [0.2, 0.25) is 0 Å². The van der Waals surface area contributed by atoms with E-state index in [1.165, 1.54) is 16.9 Å². The molecule has 0 saturated heterocycles. The van der Waals surface area contributed by atoms with E-state index >= 15 is 0 Å². The van der Waals surface area contributed by atoms with Gasteiger partial charge in [0.2, 0.25) is 0 Å². The van der Waals surface area contributed by atoms with Crippen LogP contribution in [0.15, 0.2) is 54.6 Å². The maximum atomic E-state index is 13.1. The van der Waals surface area contributed by atoms with Gasteiger partial charge in [-0.2, -0.15) is 0 Å². The molecule has 1 heterocycles. The molecule has 0 radical (unpaired) electrons. The van der Waals surface area contributed by atoms with E-state index in [4.69, 9.17) is 9.47 Å². The first-order chi connectivity index (χ1) is 15.6. The zero-order valence-corrected chi connectivity index (χ0v) is 19.2. The quantitative estimate of drug-likeness (QED) is 0.460. The number of benzene rings is 2. The first-order valence-corrected chi connectivity index (χ1v) is 11.8. The number of nitrogens with one attached hydrogen (secondary N) is 1. The summed E-state index contributed by atoms with van der Waals surface area (Å²) in [5.74, 6) is 0.254. The molecule has 1 aliphatic carbocycles. The highest BCUT2D eigenvalue weighted by atomic mass is 32.1. The second-order valence-corrected chi connectivity index (χ2v) is 8.77. The largest absolute Gasteiger partial charge is 0.493 e. The lowest BCUT2D eigenvalue weighted by atomic mass is 9.83. The molecule has 1 N–H and O–H groups in total. The van der Waals surface area contributed by atoms with Gasteiger partial charge in [0.25, 0.3) is 5.91 Å². The molecule has 1 amide bonds. The molecule has 0 bridgehead atoms. The molecule has 3 aromatic rings. The molecule has 1 aliphatic rings. The number of rotatable bonds is 7. The predicted molar refractivity (Wildman–Crippen MR) is 127 cm³/mol. The van der Waals surface area contributed by atoms with Gasteiger partial charge in [-0.15, -0.1) is 11.3 Å². The van der Waals surface area contributed by atoms with Gasteiger partial charge in [0.1, 0.15) is 10.8 Å². The Bertz CT molecular complexity index is 1110. The van der Waals surface area contributed by atoms with Crippen molar-refractivity contribution in [3.63, 3.8) is 0 Å². The van der Waals surface area contributed by atoms with E-state index in [1.54, 1.807) is 25.1 Å². The minimum atomic E-state index is -0.378. The first-order valence-electron chi connectivity index (χ1n) is 11.0. The van der Waals surface area contributed by atoms with E-state index in [9.17, 15) is 9.59 Å². The average molecular weight is 450 g/mol. The summed E-state index contributed by atoms with van der Waals surface area (Å²) < 4.78 is 11.0. The maximum Gasteiger partial charge on any atom is 0.341 e. The van der Waals surface area contributed by atoms with Crippen molar-refractivity contribution in [3.8, 4) is 5.75 Å². The summed E-state index contributed by atoms with van der Waals surface area (Å²) in [7, 11) is 0. The molecule has 1 aromatic heterocycles. The van der Waals surface area contributed by atoms with Crippen molar-refractivity contribution < 1.29 is 19.1 Å². The lowest BCUT2D eigenvalue weighted by molar-refractivity contribution is 0.0526. The fraction of sp³-hybridized carbons (Fsp3) is 0.308. The summed E-state index contributed by atoms with van der Waals surface area (Å²) in [4.78, 5) is 27.1. The Morgan fingerprint density at radius 3 is 2.53 bits per heavy atom. The van der Waals surface area contributed by atoms with Crippen LogP contribution in [0.1, 0.15) is 62.9 Å². The van der Waals surface area contributed by atoms with E-state index in [0.717, 1.165) is 29.7 Å². The van der Waals surface area contributed by atoms with Gasteiger partial charge in [0.15, 0.2) is 0 Å². The predicted octanol–water partition coefficient (Wildman–Crippen LogP) is 5.85. The molecule has 5 nitrogen and oxygen atoms in total. The van der Waals surface area contributed by atoms with Crippen LogP contribution in [0.4, 0.5) is 5.00 Å². The first kappa shape index (κ1) is 22.1. The number of hydrogen-bond acceptors (Lipinski definition) is 5. The van der Waals surface area contributed by atoms with Crippen molar-refractivity contribution in [2.24, 2.45) is 0 Å². The van der Waals surface area contributed by atoms with Crippen LogP contribution < -0.4 is 10.1 Å². The Morgan fingerprint density at radius 2 is 1.78 bits per heavy atom. The summed E-state index contributed by atoms with van der Waals surface area (Å²) in [5, 5.41) is 3.53. The van der Waals surface area contributed by atoms with E-state index in [2.05, 4.69) is 29.6 Å². The molecule has 2 aromatic carbocycles. The summed E-state index contributed by atoms with van der Waals surface area (Å²) in [6.45, 7) is 4.42. The molecule has 0 fully saturated rings. The van der Waals surface area contributed by atoms with Crippen LogP contribution in [0, 0.1) is 0 Å². The molecule has 4 rings (SSSR count). The standard InChI is InChI=1S/C26H27NO4S/c1-3-30-21-13-9-8-12-19(21)24(28)27-25-23(26(29)31-4-2)20-15-14-18(16-22(20)32-25)17-10-6-5-7-11-17/h5-13,18H,3-4,14-16H2,1-2H3,(H,27,28)/t18-/m0/s1. The van der Waals surface area contributed by atoms with Gasteiger partial charge in [-0.1, -0.05) is 42.5 Å². The van der Waals surface area contributed by atoms with E-state index < -0.39 is 0 Å². The van der Waals surface area contributed by atoms with Crippen molar-refractivity contribution in [1.29, 1.82) is 0 Å². The topological polar surface area (TPSA) is 64.6 Å². The lowest BCUT2D eigenvalue weighted by Gasteiger charge is -2.23. The Morgan fingerprint density at radius 1 is 1.03 bits per heavy atom. The molecule has 166 valence electrons. The minimum absolute atomic E-state index is 0.288. The van der Waals surface area contributed by atoms with Crippen molar-refractivity contribution in [3.05, 3.63) is 81.7 Å². The van der Waals surface area contributed by atoms with Gasteiger partial charge in [0.05, 0.1) is 24.3 Å². The van der Waals surface area contributed by atoms with Crippen LogP contribution in [-0.2, 0) is 17.6 Å². The lowest BCUT2D eigenvalue weighted by Crippen LogP contribution is -2.17. The SMILES string of the molecule is CCOC(=O)c1c(NC(=O)c2ccccc2OCC)sc2c1CC[C@H](c1ccccc1)C2. The summed E-state index contributed by atoms with van der Waals surface area (Å²) in [5.41, 5.74) is 3.26. The number of para-hydroxylation sites is 1. The van der Waals surface area contributed by atoms with Crippen LogP contribution in [0.5, 0.6) is 5.75 Å². The Labute approximate surface area is 192 Å². The molecule has 0 unspecified atom stereocenters. The van der Waals surface area contributed by atoms with Crippen LogP contribution in [0.3, 0.4) is 0 Å². The summed E-state index contributed by atoms with van der Waals surface area (Å²) in [6, 6.07) is 17.6. The van der Waals surface area contributed by atoms with Crippen LogP contribution in [-0.4, -0.2) is 25.1 Å². The highest BCUT2D eigenvalue weighted by Crippen LogP contribution is 2.43. The number of ether oxygens (including phenoxy) is 2. The Hall–Kier alpha value is -3.12. The molecular weight excluding hydrogens is 422 g/mol.